The first-order chi connectivity index (χ1) is 6.63. The van der Waals surface area contributed by atoms with Crippen LogP contribution in [0.5, 0.6) is 0 Å². The van der Waals surface area contributed by atoms with Crippen LogP contribution < -0.4 is 5.73 Å². The summed E-state index contributed by atoms with van der Waals surface area (Å²) in [5.74, 6) is 0. The molecule has 14 heavy (non-hydrogen) atoms. The molecule has 1 aromatic carbocycles. The van der Waals surface area contributed by atoms with Crippen molar-refractivity contribution in [2.24, 2.45) is 5.73 Å². The van der Waals surface area contributed by atoms with Gasteiger partial charge in [-0.25, -0.2) is 0 Å². The minimum Gasteiger partial charge on any atom is -0.369 e. The largest absolute Gasteiger partial charge is 0.369 e. The van der Waals surface area contributed by atoms with E-state index < -0.39 is 0 Å². The third kappa shape index (κ3) is 1.45. The van der Waals surface area contributed by atoms with Gasteiger partial charge in [0, 0.05) is 12.6 Å². The van der Waals surface area contributed by atoms with Crippen molar-refractivity contribution in [3.05, 3.63) is 35.4 Å². The van der Waals surface area contributed by atoms with E-state index in [4.69, 9.17) is 10.5 Å². The molecule has 0 saturated carbocycles. The first-order valence-corrected chi connectivity index (χ1v) is 5.09. The van der Waals surface area contributed by atoms with E-state index in [1.165, 1.54) is 11.1 Å². The third-order valence-electron chi connectivity index (χ3n) is 3.13. The van der Waals surface area contributed by atoms with Gasteiger partial charge < -0.3 is 10.5 Å². The summed E-state index contributed by atoms with van der Waals surface area (Å²) in [6, 6.07) is 8.52. The predicted octanol–water partition coefficient (Wildman–Crippen LogP) is 1.96. The molecular weight excluding hydrogens is 174 g/mol. The summed E-state index contributed by atoms with van der Waals surface area (Å²) in [7, 11) is 0. The fourth-order valence-electron chi connectivity index (χ4n) is 2.03. The van der Waals surface area contributed by atoms with Crippen molar-refractivity contribution in [2.75, 3.05) is 6.61 Å². The molecule has 1 aliphatic heterocycles. The van der Waals surface area contributed by atoms with Crippen molar-refractivity contribution in [3.8, 4) is 0 Å². The van der Waals surface area contributed by atoms with Crippen LogP contribution in [0.1, 0.15) is 24.5 Å². The highest BCUT2D eigenvalue weighted by Crippen LogP contribution is 2.34. The molecule has 0 spiro atoms. The summed E-state index contributed by atoms with van der Waals surface area (Å²) in [5, 5.41) is 0. The van der Waals surface area contributed by atoms with Crippen molar-refractivity contribution in [2.45, 2.75) is 31.9 Å². The van der Waals surface area contributed by atoms with Gasteiger partial charge in [0.2, 0.25) is 0 Å². The monoisotopic (exact) mass is 191 g/mol. The van der Waals surface area contributed by atoms with Gasteiger partial charge in [0.25, 0.3) is 0 Å². The number of rotatable bonds is 1. The molecule has 2 N–H and O–H groups in total. The zero-order valence-electron chi connectivity index (χ0n) is 8.79. The first kappa shape index (κ1) is 9.69. The second-order valence-electron chi connectivity index (χ2n) is 4.22. The maximum Gasteiger partial charge on any atom is 0.105 e. The van der Waals surface area contributed by atoms with Gasteiger partial charge in [0.1, 0.15) is 5.60 Å². The number of nitrogens with two attached hydrogens (primary N) is 1. The van der Waals surface area contributed by atoms with Crippen LogP contribution in [0.25, 0.3) is 0 Å². The lowest BCUT2D eigenvalue weighted by atomic mass is 9.88. The predicted molar refractivity (Wildman–Crippen MR) is 57.1 cm³/mol. The second-order valence-corrected chi connectivity index (χ2v) is 4.22. The van der Waals surface area contributed by atoms with E-state index in [1.807, 2.05) is 0 Å². The van der Waals surface area contributed by atoms with Gasteiger partial charge in [0.15, 0.2) is 0 Å². The highest BCUT2D eigenvalue weighted by Gasteiger charge is 2.39. The van der Waals surface area contributed by atoms with Crippen molar-refractivity contribution in [3.63, 3.8) is 0 Å². The first-order valence-electron chi connectivity index (χ1n) is 5.09. The molecule has 2 heteroatoms. The van der Waals surface area contributed by atoms with Crippen molar-refractivity contribution in [1.82, 2.24) is 0 Å². The Hall–Kier alpha value is -0.860. The summed E-state index contributed by atoms with van der Waals surface area (Å²) in [6.07, 6.45) is 0.949. The third-order valence-corrected chi connectivity index (χ3v) is 3.13. The number of ether oxygens (including phenoxy) is 1. The van der Waals surface area contributed by atoms with Crippen LogP contribution in [-0.4, -0.2) is 12.6 Å². The fourth-order valence-corrected chi connectivity index (χ4v) is 2.03. The minimum atomic E-state index is -0.286. The van der Waals surface area contributed by atoms with E-state index in [1.54, 1.807) is 0 Å². The molecule has 2 rings (SSSR count). The Balaban J connectivity index is 2.38. The molecule has 2 atom stereocenters. The van der Waals surface area contributed by atoms with Crippen LogP contribution in [0, 0.1) is 6.92 Å². The van der Waals surface area contributed by atoms with Gasteiger partial charge >= 0.3 is 0 Å². The average Bonchev–Trinajstić information content (AvgIpc) is 2.49. The Bertz CT molecular complexity index is 337. The van der Waals surface area contributed by atoms with Crippen LogP contribution in [0.15, 0.2) is 24.3 Å². The molecular formula is C12H17NO. The average molecular weight is 191 g/mol. The van der Waals surface area contributed by atoms with Gasteiger partial charge in [-0.1, -0.05) is 29.8 Å². The fraction of sp³-hybridized carbons (Fsp3) is 0.500. The molecule has 2 unspecified atom stereocenters. The summed E-state index contributed by atoms with van der Waals surface area (Å²) in [6.45, 7) is 4.94. The lowest BCUT2D eigenvalue weighted by Gasteiger charge is -2.28. The van der Waals surface area contributed by atoms with E-state index in [2.05, 4.69) is 38.1 Å². The van der Waals surface area contributed by atoms with Gasteiger partial charge in [-0.3, -0.25) is 0 Å². The molecule has 0 amide bonds. The minimum absolute atomic E-state index is 0.115. The number of hydrogen-bond acceptors (Lipinski definition) is 2. The van der Waals surface area contributed by atoms with Gasteiger partial charge in [-0.2, -0.15) is 0 Å². The molecule has 76 valence electrons. The van der Waals surface area contributed by atoms with Crippen LogP contribution in [0.2, 0.25) is 0 Å². The molecule has 2 nitrogen and oxygen atoms in total. The molecule has 0 bridgehead atoms. The lowest BCUT2D eigenvalue weighted by Crippen LogP contribution is -2.39. The summed E-state index contributed by atoms with van der Waals surface area (Å²) in [5.41, 5.74) is 8.24. The zero-order chi connectivity index (χ0) is 10.2. The van der Waals surface area contributed by atoms with E-state index in [-0.39, 0.29) is 11.6 Å². The number of benzene rings is 1. The van der Waals surface area contributed by atoms with Gasteiger partial charge in [-0.15, -0.1) is 0 Å². The highest BCUT2D eigenvalue weighted by atomic mass is 16.5. The van der Waals surface area contributed by atoms with Crippen molar-refractivity contribution in [1.29, 1.82) is 0 Å². The van der Waals surface area contributed by atoms with Crippen molar-refractivity contribution < 1.29 is 4.74 Å². The Kier molecular flexibility index (Phi) is 2.33. The normalized spacial score (nSPS) is 32.1. The SMILES string of the molecule is Cc1cccc(C2(C)OCCC2N)c1. The molecule has 0 aromatic heterocycles. The zero-order valence-corrected chi connectivity index (χ0v) is 8.79. The molecule has 1 aromatic rings. The van der Waals surface area contributed by atoms with E-state index in [0.717, 1.165) is 13.0 Å². The molecule has 1 heterocycles. The van der Waals surface area contributed by atoms with E-state index in [9.17, 15) is 0 Å². The van der Waals surface area contributed by atoms with Crippen LogP contribution >= 0.6 is 0 Å². The second kappa shape index (κ2) is 3.37. The Morgan fingerprint density at radius 3 is 2.86 bits per heavy atom. The molecule has 0 radical (unpaired) electrons. The number of hydrogen-bond donors (Lipinski definition) is 1. The summed E-state index contributed by atoms with van der Waals surface area (Å²) in [4.78, 5) is 0. The van der Waals surface area contributed by atoms with Crippen LogP contribution in [0.3, 0.4) is 0 Å². The van der Waals surface area contributed by atoms with Crippen molar-refractivity contribution >= 4 is 0 Å². The van der Waals surface area contributed by atoms with E-state index in [0.29, 0.717) is 0 Å². The highest BCUT2D eigenvalue weighted by molar-refractivity contribution is 5.29. The Morgan fingerprint density at radius 2 is 2.29 bits per heavy atom. The molecule has 0 aliphatic carbocycles. The number of aryl methyl sites for hydroxylation is 1. The summed E-state index contributed by atoms with van der Waals surface area (Å²) >= 11 is 0. The molecule has 1 fully saturated rings. The Labute approximate surface area is 85.1 Å². The standard InChI is InChI=1S/C12H17NO/c1-9-4-3-5-10(8-9)12(2)11(13)6-7-14-12/h3-5,8,11H,6-7,13H2,1-2H3. The Morgan fingerprint density at radius 1 is 1.50 bits per heavy atom. The lowest BCUT2D eigenvalue weighted by molar-refractivity contribution is 0.00801. The van der Waals surface area contributed by atoms with Gasteiger partial charge in [0.05, 0.1) is 0 Å². The topological polar surface area (TPSA) is 35.2 Å². The maximum absolute atomic E-state index is 6.07. The summed E-state index contributed by atoms with van der Waals surface area (Å²) < 4.78 is 5.77. The molecule has 1 aliphatic rings. The van der Waals surface area contributed by atoms with Gasteiger partial charge in [-0.05, 0) is 25.8 Å². The van der Waals surface area contributed by atoms with E-state index >= 15 is 0 Å². The smallest absolute Gasteiger partial charge is 0.105 e. The maximum atomic E-state index is 6.07. The molecule has 1 saturated heterocycles. The quantitative estimate of drug-likeness (QED) is 0.736. The van der Waals surface area contributed by atoms with Crippen LogP contribution in [-0.2, 0) is 10.3 Å². The van der Waals surface area contributed by atoms with Crippen LogP contribution in [0.4, 0.5) is 0 Å².